The average molecular weight is 778 g/mol. The van der Waals surface area contributed by atoms with Crippen molar-refractivity contribution in [2.45, 2.75) is 39.5 Å². The lowest BCUT2D eigenvalue weighted by atomic mass is 9.97. The first kappa shape index (κ1) is 33.5. The number of hydrogen-bond acceptors (Lipinski definition) is 11. The topological polar surface area (TPSA) is 128 Å². The Morgan fingerprint density at radius 2 is 1.91 bits per heavy atom. The summed E-state index contributed by atoms with van der Waals surface area (Å²) in [6.45, 7) is 6.68. The molecule has 0 saturated carbocycles. The molecule has 0 bridgehead atoms. The molecule has 1 N–H and O–H groups in total. The van der Waals surface area contributed by atoms with E-state index < -0.39 is 31.0 Å². The first-order chi connectivity index (χ1) is 27.4. The molecule has 2 atom stereocenters. The lowest BCUT2D eigenvalue weighted by Crippen LogP contribution is -2.45. The van der Waals surface area contributed by atoms with Crippen LogP contribution in [0.5, 0.6) is 17.4 Å². The number of benzene rings is 2. The summed E-state index contributed by atoms with van der Waals surface area (Å²) in [5.41, 5.74) is 1.87. The van der Waals surface area contributed by atoms with Crippen molar-refractivity contribution < 1.29 is 37.0 Å². The van der Waals surface area contributed by atoms with Gasteiger partial charge in [-0.3, -0.25) is 9.58 Å². The molecule has 1 aliphatic heterocycles. The number of piperazine rings is 1. The zero-order valence-electron chi connectivity index (χ0n) is 32.8. The summed E-state index contributed by atoms with van der Waals surface area (Å²) in [7, 11) is 2.10. The van der Waals surface area contributed by atoms with Crippen LogP contribution in [-0.2, 0) is 24.3 Å². The highest BCUT2D eigenvalue weighted by atomic mass is 35.5. The van der Waals surface area contributed by atoms with Gasteiger partial charge in [0.1, 0.15) is 41.6 Å². The number of aromatic nitrogens is 4. The Balaban J connectivity index is 1.24. The van der Waals surface area contributed by atoms with E-state index in [1.807, 2.05) is 19.9 Å². The Labute approximate surface area is 324 Å². The number of nitrogens with zero attached hydrogens (tertiary/aromatic N) is 6. The Morgan fingerprint density at radius 3 is 2.67 bits per heavy atom. The maximum Gasteiger partial charge on any atom is 0.345 e. The standard InChI is InChI=1S/C39H40ClFN6O6S/c1-4-47-26(13-14-44-47)22-51-28-8-6-5-7-25(28)21-31(39(48)49)53-37-34-33(36(30-11-12-32(41)52-30)54-38(34)43-23-42-37)27-9-10-29(35(40)24(27)2)50-20-19-46-17-15-45(3)16-18-46/h5-14,23,31H,4,15-22H2,1-3H3,(H,48,49)/t31-/m0/s1/i21D,22D2/t21-,31+/m1. The van der Waals surface area contributed by atoms with Gasteiger partial charge in [0, 0.05) is 64.9 Å². The van der Waals surface area contributed by atoms with Crippen LogP contribution in [0.15, 0.2) is 71.5 Å². The van der Waals surface area contributed by atoms with E-state index in [9.17, 15) is 15.7 Å². The third kappa shape index (κ3) is 8.06. The number of carboxylic acid groups (broad SMARTS) is 1. The van der Waals surface area contributed by atoms with E-state index in [0.717, 1.165) is 44.1 Å². The SMILES string of the molecule is [2H][C@H](c1ccccc1OC([2H])([2H])c1ccnn1CC)[C@H](Oc1ncnc2sc(-c3ccc(F)o3)c(-c3ccc(OCCN4CCN(C)CC4)c(Cl)c3C)c12)C(=O)O. The third-order valence-corrected chi connectivity index (χ3v) is 10.7. The van der Waals surface area contributed by atoms with Crippen LogP contribution >= 0.6 is 22.9 Å². The van der Waals surface area contributed by atoms with Gasteiger partial charge in [0.15, 0.2) is 0 Å². The second-order valence-corrected chi connectivity index (χ2v) is 14.0. The number of hydrogen-bond donors (Lipinski definition) is 1. The molecule has 0 aliphatic carbocycles. The van der Waals surface area contributed by atoms with Gasteiger partial charge < -0.3 is 28.6 Å². The van der Waals surface area contributed by atoms with Gasteiger partial charge in [-0.1, -0.05) is 35.9 Å². The predicted octanol–water partition coefficient (Wildman–Crippen LogP) is 7.22. The molecular formula is C39H40ClFN6O6S. The Kier molecular flexibility index (Phi) is 10.3. The van der Waals surface area contributed by atoms with E-state index in [1.165, 1.54) is 47.5 Å². The molecule has 1 saturated heterocycles. The van der Waals surface area contributed by atoms with E-state index in [0.29, 0.717) is 55.7 Å². The summed E-state index contributed by atoms with van der Waals surface area (Å²) < 4.78 is 65.9. The van der Waals surface area contributed by atoms with Gasteiger partial charge in [0.05, 0.1) is 23.7 Å². The molecule has 0 unspecified atom stereocenters. The molecular weight excluding hydrogens is 735 g/mol. The first-order valence-electron chi connectivity index (χ1n) is 18.9. The van der Waals surface area contributed by atoms with Crippen molar-refractivity contribution in [1.82, 2.24) is 29.5 Å². The Hall–Kier alpha value is -5.02. The van der Waals surface area contributed by atoms with Crippen molar-refractivity contribution in [3.8, 4) is 39.1 Å². The highest BCUT2D eigenvalue weighted by Gasteiger charge is 2.29. The number of carboxylic acids is 1. The fourth-order valence-corrected chi connectivity index (χ4v) is 7.52. The average Bonchev–Trinajstić information content (AvgIpc) is 3.95. The van der Waals surface area contributed by atoms with Crippen LogP contribution in [0, 0.1) is 12.9 Å². The van der Waals surface area contributed by atoms with Crippen molar-refractivity contribution >= 4 is 39.1 Å². The van der Waals surface area contributed by atoms with Crippen LogP contribution in [0.25, 0.3) is 32.0 Å². The van der Waals surface area contributed by atoms with Crippen LogP contribution in [-0.4, -0.2) is 93.1 Å². The third-order valence-electron chi connectivity index (χ3n) is 9.15. The fraction of sp³-hybridized carbons (Fsp3) is 0.333. The van der Waals surface area contributed by atoms with Crippen molar-refractivity contribution in [3.63, 3.8) is 0 Å². The zero-order chi connectivity index (χ0) is 40.4. The van der Waals surface area contributed by atoms with Crippen molar-refractivity contribution in [2.24, 2.45) is 0 Å². The first-order valence-corrected chi connectivity index (χ1v) is 18.5. The molecule has 5 heterocycles. The van der Waals surface area contributed by atoms with Crippen LogP contribution in [0.3, 0.4) is 0 Å². The highest BCUT2D eigenvalue weighted by molar-refractivity contribution is 7.22. The van der Waals surface area contributed by atoms with E-state index in [1.54, 1.807) is 18.2 Å². The summed E-state index contributed by atoms with van der Waals surface area (Å²) in [5, 5.41) is 15.3. The summed E-state index contributed by atoms with van der Waals surface area (Å²) in [4.78, 5) is 27.2. The van der Waals surface area contributed by atoms with E-state index >= 15 is 0 Å². The highest BCUT2D eigenvalue weighted by Crippen LogP contribution is 2.49. The number of thiophene rings is 1. The molecule has 7 rings (SSSR count). The number of furan rings is 1. The van der Waals surface area contributed by atoms with E-state index in [4.69, 9.17) is 33.0 Å². The number of halogens is 2. The molecule has 54 heavy (non-hydrogen) atoms. The zero-order valence-corrected chi connectivity index (χ0v) is 31.4. The van der Waals surface area contributed by atoms with Gasteiger partial charge in [-0.05, 0) is 61.9 Å². The smallest absolute Gasteiger partial charge is 0.345 e. The van der Waals surface area contributed by atoms with Crippen molar-refractivity contribution in [3.05, 3.63) is 95.0 Å². The molecule has 2 aromatic carbocycles. The second-order valence-electron chi connectivity index (χ2n) is 12.6. The van der Waals surface area contributed by atoms with Crippen molar-refractivity contribution in [1.29, 1.82) is 0 Å². The van der Waals surface area contributed by atoms with Crippen LogP contribution < -0.4 is 14.2 Å². The number of para-hydroxylation sites is 1. The molecule has 12 nitrogen and oxygen atoms in total. The maximum absolute atomic E-state index is 14.3. The van der Waals surface area contributed by atoms with Gasteiger partial charge in [-0.25, -0.2) is 14.8 Å². The normalized spacial score (nSPS) is 16.1. The maximum atomic E-state index is 14.3. The lowest BCUT2D eigenvalue weighted by Gasteiger charge is -2.32. The molecule has 1 aliphatic rings. The quantitative estimate of drug-likeness (QED) is 0.114. The largest absolute Gasteiger partial charge is 0.491 e. The Morgan fingerprint density at radius 1 is 1.09 bits per heavy atom. The minimum absolute atomic E-state index is 0.0523. The molecule has 0 radical (unpaired) electrons. The summed E-state index contributed by atoms with van der Waals surface area (Å²) in [6, 6.07) is 13.0. The predicted molar refractivity (Wildman–Crippen MR) is 204 cm³/mol. The number of aryl methyl sites for hydroxylation is 1. The van der Waals surface area contributed by atoms with Gasteiger partial charge in [-0.15, -0.1) is 11.3 Å². The minimum Gasteiger partial charge on any atom is -0.491 e. The molecule has 4 aromatic heterocycles. The summed E-state index contributed by atoms with van der Waals surface area (Å²) in [5.74, 6) is -1.01. The minimum atomic E-state index is -2.38. The summed E-state index contributed by atoms with van der Waals surface area (Å²) >= 11 is 8.12. The van der Waals surface area contributed by atoms with Gasteiger partial charge in [0.25, 0.3) is 6.01 Å². The molecule has 282 valence electrons. The van der Waals surface area contributed by atoms with Gasteiger partial charge >= 0.3 is 5.97 Å². The number of aliphatic carboxylic acids is 1. The van der Waals surface area contributed by atoms with E-state index in [-0.39, 0.29) is 28.6 Å². The number of fused-ring (bicyclic) bond motifs is 1. The molecule has 0 amide bonds. The van der Waals surface area contributed by atoms with Crippen LogP contribution in [0.4, 0.5) is 4.39 Å². The fourth-order valence-electron chi connectivity index (χ4n) is 6.19. The molecule has 6 aromatic rings. The van der Waals surface area contributed by atoms with Gasteiger partial charge in [-0.2, -0.15) is 9.49 Å². The van der Waals surface area contributed by atoms with Crippen molar-refractivity contribution in [2.75, 3.05) is 46.4 Å². The number of likely N-dealkylation sites (N-methyl/N-ethyl adjacent to an activating group) is 1. The number of rotatable bonds is 15. The summed E-state index contributed by atoms with van der Waals surface area (Å²) in [6.07, 6.45) is -0.828. The van der Waals surface area contributed by atoms with Crippen LogP contribution in [0.1, 0.15) is 27.9 Å². The molecule has 15 heteroatoms. The molecule has 0 spiro atoms. The molecule has 1 fully saturated rings. The van der Waals surface area contributed by atoms with E-state index in [2.05, 4.69) is 31.9 Å². The van der Waals surface area contributed by atoms with Gasteiger partial charge in [0.2, 0.25) is 12.0 Å². The second kappa shape index (κ2) is 16.6. The number of ether oxygens (including phenoxy) is 3. The number of carbonyl (C=O) groups is 1. The Bertz CT molecular complexity index is 2390. The lowest BCUT2D eigenvalue weighted by molar-refractivity contribution is -0.145. The monoisotopic (exact) mass is 777 g/mol. The van der Waals surface area contributed by atoms with Crippen LogP contribution in [0.2, 0.25) is 5.02 Å².